The van der Waals surface area contributed by atoms with Crippen LogP contribution in [0.2, 0.25) is 0 Å². The lowest BCUT2D eigenvalue weighted by atomic mass is 10.1. The molecule has 0 fully saturated rings. The van der Waals surface area contributed by atoms with Gasteiger partial charge in [-0.2, -0.15) is 0 Å². The highest BCUT2D eigenvalue weighted by molar-refractivity contribution is 8.00. The SMILES string of the molecule is CC(=O)c1cccc(NC(=O)C(Sc2nnc(C)n2C)c2ccccc2)c1. The summed E-state index contributed by atoms with van der Waals surface area (Å²) in [5.41, 5.74) is 2.01. The van der Waals surface area contributed by atoms with Crippen LogP contribution in [0.5, 0.6) is 0 Å². The highest BCUT2D eigenvalue weighted by Crippen LogP contribution is 2.35. The number of Topliss-reactive ketones (excluding diaryl/α,β-unsaturated/α-hetero) is 1. The molecule has 138 valence electrons. The van der Waals surface area contributed by atoms with Gasteiger partial charge in [-0.05, 0) is 31.5 Å². The molecule has 0 spiro atoms. The minimum Gasteiger partial charge on any atom is -0.325 e. The molecule has 6 nitrogen and oxygen atoms in total. The molecule has 7 heteroatoms. The van der Waals surface area contributed by atoms with Crippen molar-refractivity contribution >= 4 is 29.1 Å². The largest absolute Gasteiger partial charge is 0.325 e. The molecule has 0 saturated carbocycles. The van der Waals surface area contributed by atoms with Gasteiger partial charge in [0.2, 0.25) is 5.91 Å². The van der Waals surface area contributed by atoms with Crippen molar-refractivity contribution in [2.45, 2.75) is 24.3 Å². The fourth-order valence-electron chi connectivity index (χ4n) is 2.52. The zero-order chi connectivity index (χ0) is 19.4. The average Bonchev–Trinajstić information content (AvgIpc) is 2.98. The van der Waals surface area contributed by atoms with Gasteiger partial charge >= 0.3 is 0 Å². The van der Waals surface area contributed by atoms with Crippen molar-refractivity contribution in [3.8, 4) is 0 Å². The number of carbonyl (C=O) groups is 2. The molecule has 3 rings (SSSR count). The van der Waals surface area contributed by atoms with Gasteiger partial charge in [-0.25, -0.2) is 0 Å². The summed E-state index contributed by atoms with van der Waals surface area (Å²) in [4.78, 5) is 24.6. The molecule has 27 heavy (non-hydrogen) atoms. The number of thioether (sulfide) groups is 1. The fraction of sp³-hybridized carbons (Fsp3) is 0.200. The highest BCUT2D eigenvalue weighted by Gasteiger charge is 2.25. The fourth-order valence-corrected chi connectivity index (χ4v) is 3.57. The summed E-state index contributed by atoms with van der Waals surface area (Å²) < 4.78 is 1.85. The number of nitrogens with one attached hydrogen (secondary N) is 1. The predicted molar refractivity (Wildman–Crippen MR) is 106 cm³/mol. The Kier molecular flexibility index (Phi) is 5.71. The lowest BCUT2D eigenvalue weighted by Gasteiger charge is -2.17. The van der Waals surface area contributed by atoms with Crippen LogP contribution in [0.3, 0.4) is 0 Å². The Morgan fingerprint density at radius 2 is 1.81 bits per heavy atom. The summed E-state index contributed by atoms with van der Waals surface area (Å²) in [6, 6.07) is 16.4. The molecule has 1 atom stereocenters. The van der Waals surface area contributed by atoms with Gasteiger partial charge in [0.15, 0.2) is 10.9 Å². The number of aromatic nitrogens is 3. The van der Waals surface area contributed by atoms with Crippen LogP contribution in [0, 0.1) is 6.92 Å². The number of hydrogen-bond acceptors (Lipinski definition) is 5. The van der Waals surface area contributed by atoms with Gasteiger partial charge < -0.3 is 9.88 Å². The van der Waals surface area contributed by atoms with Crippen LogP contribution in [-0.2, 0) is 11.8 Å². The van der Waals surface area contributed by atoms with Gasteiger partial charge in [0.25, 0.3) is 0 Å². The van der Waals surface area contributed by atoms with Crippen LogP contribution in [0.4, 0.5) is 5.69 Å². The Morgan fingerprint density at radius 1 is 1.07 bits per heavy atom. The molecule has 1 heterocycles. The third kappa shape index (κ3) is 4.43. The van der Waals surface area contributed by atoms with Crippen LogP contribution < -0.4 is 5.32 Å². The number of anilines is 1. The second-order valence-electron chi connectivity index (χ2n) is 6.12. The van der Waals surface area contributed by atoms with Gasteiger partial charge in [-0.1, -0.05) is 54.2 Å². The van der Waals surface area contributed by atoms with E-state index in [2.05, 4.69) is 15.5 Å². The van der Waals surface area contributed by atoms with Gasteiger partial charge in [-0.3, -0.25) is 9.59 Å². The first-order chi connectivity index (χ1) is 13.0. The van der Waals surface area contributed by atoms with E-state index in [1.54, 1.807) is 24.3 Å². The molecule has 0 aliphatic heterocycles. The summed E-state index contributed by atoms with van der Waals surface area (Å²) in [6.07, 6.45) is 0. The second kappa shape index (κ2) is 8.18. The van der Waals surface area contributed by atoms with Crippen molar-refractivity contribution < 1.29 is 9.59 Å². The van der Waals surface area contributed by atoms with E-state index in [1.165, 1.54) is 18.7 Å². The van der Waals surface area contributed by atoms with E-state index in [0.717, 1.165) is 11.4 Å². The summed E-state index contributed by atoms with van der Waals surface area (Å²) in [6.45, 7) is 3.36. The number of nitrogens with zero attached hydrogens (tertiary/aromatic N) is 3. The molecule has 1 N–H and O–H groups in total. The van der Waals surface area contributed by atoms with E-state index in [0.29, 0.717) is 16.4 Å². The maximum atomic E-state index is 13.0. The zero-order valence-electron chi connectivity index (χ0n) is 15.3. The number of aryl methyl sites for hydroxylation is 1. The van der Waals surface area contributed by atoms with Gasteiger partial charge in [0.1, 0.15) is 11.1 Å². The topological polar surface area (TPSA) is 76.9 Å². The maximum absolute atomic E-state index is 13.0. The van der Waals surface area contributed by atoms with E-state index in [1.807, 2.05) is 48.9 Å². The quantitative estimate of drug-likeness (QED) is 0.520. The third-order valence-corrected chi connectivity index (χ3v) is 5.44. The average molecular weight is 380 g/mol. The first kappa shape index (κ1) is 18.8. The molecule has 1 amide bonds. The van der Waals surface area contributed by atoms with E-state index in [-0.39, 0.29) is 11.7 Å². The molecule has 3 aromatic rings. The Morgan fingerprint density at radius 3 is 2.44 bits per heavy atom. The summed E-state index contributed by atoms with van der Waals surface area (Å²) in [7, 11) is 1.87. The van der Waals surface area contributed by atoms with Crippen molar-refractivity contribution in [3.63, 3.8) is 0 Å². The van der Waals surface area contributed by atoms with Crippen molar-refractivity contribution in [3.05, 3.63) is 71.5 Å². The minimum atomic E-state index is -0.505. The number of hydrogen-bond donors (Lipinski definition) is 1. The minimum absolute atomic E-state index is 0.0466. The molecule has 1 aromatic heterocycles. The molecule has 2 aromatic carbocycles. The molecule has 0 bridgehead atoms. The summed E-state index contributed by atoms with van der Waals surface area (Å²) >= 11 is 1.34. The maximum Gasteiger partial charge on any atom is 0.242 e. The zero-order valence-corrected chi connectivity index (χ0v) is 16.2. The van der Waals surface area contributed by atoms with Crippen molar-refractivity contribution in [1.29, 1.82) is 0 Å². The lowest BCUT2D eigenvalue weighted by Crippen LogP contribution is -2.19. The first-order valence-corrected chi connectivity index (χ1v) is 9.33. The number of ketones is 1. The third-order valence-electron chi connectivity index (χ3n) is 4.15. The van der Waals surface area contributed by atoms with Crippen LogP contribution in [0.25, 0.3) is 0 Å². The Balaban J connectivity index is 1.88. The Bertz CT molecular complexity index is 969. The summed E-state index contributed by atoms with van der Waals surface area (Å²) in [5, 5.41) is 11.3. The lowest BCUT2D eigenvalue weighted by molar-refractivity contribution is -0.115. The van der Waals surface area contributed by atoms with Gasteiger partial charge in [0, 0.05) is 18.3 Å². The number of rotatable bonds is 6. The van der Waals surface area contributed by atoms with Gasteiger partial charge in [-0.15, -0.1) is 10.2 Å². The molecule has 0 aliphatic carbocycles. The number of benzene rings is 2. The predicted octanol–water partition coefficient (Wildman–Crippen LogP) is 3.80. The second-order valence-corrected chi connectivity index (χ2v) is 7.20. The van der Waals surface area contributed by atoms with Gasteiger partial charge in [0.05, 0.1) is 0 Å². The van der Waals surface area contributed by atoms with E-state index < -0.39 is 5.25 Å². The van der Waals surface area contributed by atoms with Crippen molar-refractivity contribution in [1.82, 2.24) is 14.8 Å². The normalized spacial score (nSPS) is 11.8. The molecular weight excluding hydrogens is 360 g/mol. The molecule has 0 saturated heterocycles. The monoisotopic (exact) mass is 380 g/mol. The Labute approximate surface area is 162 Å². The highest BCUT2D eigenvalue weighted by atomic mass is 32.2. The number of carbonyl (C=O) groups excluding carboxylic acids is 2. The van der Waals surface area contributed by atoms with Crippen LogP contribution in [0.15, 0.2) is 59.8 Å². The molecule has 0 aliphatic rings. The smallest absolute Gasteiger partial charge is 0.242 e. The number of amides is 1. The van der Waals surface area contributed by atoms with E-state index in [9.17, 15) is 9.59 Å². The molecule has 1 unspecified atom stereocenters. The standard InChI is InChI=1S/C20H20N4O2S/c1-13(25)16-10-7-11-17(12-16)21-19(26)18(15-8-5-4-6-9-15)27-20-23-22-14(2)24(20)3/h4-12,18H,1-3H3,(H,21,26). The van der Waals surface area contributed by atoms with Crippen LogP contribution in [-0.4, -0.2) is 26.5 Å². The van der Waals surface area contributed by atoms with Crippen LogP contribution >= 0.6 is 11.8 Å². The Hall–Kier alpha value is -2.93. The van der Waals surface area contributed by atoms with Crippen molar-refractivity contribution in [2.75, 3.05) is 5.32 Å². The van der Waals surface area contributed by atoms with Crippen molar-refractivity contribution in [2.24, 2.45) is 7.05 Å². The molecule has 0 radical (unpaired) electrons. The molecular formula is C20H20N4O2S. The van der Waals surface area contributed by atoms with Crippen LogP contribution in [0.1, 0.15) is 33.9 Å². The van der Waals surface area contributed by atoms with E-state index in [4.69, 9.17) is 0 Å². The summed E-state index contributed by atoms with van der Waals surface area (Å²) in [5.74, 6) is 0.543. The first-order valence-electron chi connectivity index (χ1n) is 8.45. The van der Waals surface area contributed by atoms with E-state index >= 15 is 0 Å².